The molecule has 2 aromatic carbocycles. The Labute approximate surface area is 291 Å². The highest BCUT2D eigenvalue weighted by Crippen LogP contribution is 2.25. The quantitative estimate of drug-likeness (QED) is 0.0966. The summed E-state index contributed by atoms with van der Waals surface area (Å²) in [7, 11) is -1.43. The van der Waals surface area contributed by atoms with Crippen molar-refractivity contribution in [3.63, 3.8) is 0 Å². The Balaban J connectivity index is 1.77. The Morgan fingerprint density at radius 3 is 2.06 bits per heavy atom. The predicted molar refractivity (Wildman–Crippen MR) is 192 cm³/mol. The van der Waals surface area contributed by atoms with Crippen molar-refractivity contribution in [3.8, 4) is 0 Å². The van der Waals surface area contributed by atoms with Crippen molar-refractivity contribution < 1.29 is 29.2 Å². The summed E-state index contributed by atoms with van der Waals surface area (Å²) in [6.45, 7) is 5.24. The van der Waals surface area contributed by atoms with E-state index in [1.54, 1.807) is 4.90 Å². The Kier molecular flexibility index (Phi) is 16.9. The van der Waals surface area contributed by atoms with Crippen LogP contribution >= 0.6 is 0 Å². The molecule has 49 heavy (non-hydrogen) atoms. The fourth-order valence-electron chi connectivity index (χ4n) is 6.47. The highest BCUT2D eigenvalue weighted by Gasteiger charge is 2.34. The maximum atomic E-state index is 14.0. The number of ketones is 1. The average Bonchev–Trinajstić information content (AvgIpc) is 3.34. The van der Waals surface area contributed by atoms with Crippen LogP contribution in [0.4, 0.5) is 0 Å². The number of nitrogens with zero attached hydrogens (tertiary/aromatic N) is 1. The number of carbonyl (C=O) groups excluding carboxylic acids is 4. The van der Waals surface area contributed by atoms with E-state index in [4.69, 9.17) is 11.5 Å². The van der Waals surface area contributed by atoms with E-state index in [-0.39, 0.29) is 42.2 Å². The van der Waals surface area contributed by atoms with E-state index >= 15 is 0 Å². The molecule has 8 N–H and O–H groups in total. The maximum Gasteiger partial charge on any atom is 0.454 e. The van der Waals surface area contributed by atoms with Crippen LogP contribution in [0.3, 0.4) is 0 Å². The third kappa shape index (κ3) is 13.7. The molecule has 0 saturated carbocycles. The molecule has 1 unspecified atom stereocenters. The SMILES string of the molecule is CC(C)C[C@@H](CC(=O)[C@@H](Cc1ccccc1)NC(=O)[C@H](N)Cc1ccccc1)C(=O)N[C@H](CCCCN)C(=O)N1CCCC(B(O)O)CC1. The van der Waals surface area contributed by atoms with Crippen LogP contribution in [0, 0.1) is 11.8 Å². The van der Waals surface area contributed by atoms with Gasteiger partial charge in [0.05, 0.1) is 12.1 Å². The van der Waals surface area contributed by atoms with Gasteiger partial charge in [-0.25, -0.2) is 0 Å². The van der Waals surface area contributed by atoms with Crippen LogP contribution in [0.15, 0.2) is 60.7 Å². The second-order valence-corrected chi connectivity index (χ2v) is 13.8. The largest absolute Gasteiger partial charge is 0.454 e. The number of Topliss-reactive ketones (excluding diaryl/α,β-unsaturated/α-hetero) is 1. The molecule has 1 fully saturated rings. The number of unbranched alkanes of at least 4 members (excludes halogenated alkanes) is 1. The van der Waals surface area contributed by atoms with Crippen LogP contribution < -0.4 is 22.1 Å². The number of likely N-dealkylation sites (tertiary alicyclic amines) is 1. The van der Waals surface area contributed by atoms with Crippen molar-refractivity contribution in [2.24, 2.45) is 23.3 Å². The second kappa shape index (κ2) is 20.8. The number of benzene rings is 2. The Bertz CT molecular complexity index is 1310. The molecule has 12 heteroatoms. The van der Waals surface area contributed by atoms with Gasteiger partial charge in [-0.2, -0.15) is 0 Å². The van der Waals surface area contributed by atoms with Crippen molar-refractivity contribution >= 4 is 30.6 Å². The summed E-state index contributed by atoms with van der Waals surface area (Å²) in [5.41, 5.74) is 13.8. The first-order chi connectivity index (χ1) is 23.5. The van der Waals surface area contributed by atoms with Gasteiger partial charge in [0, 0.05) is 25.4 Å². The highest BCUT2D eigenvalue weighted by atomic mass is 16.4. The minimum Gasteiger partial charge on any atom is -0.427 e. The van der Waals surface area contributed by atoms with Gasteiger partial charge in [0.2, 0.25) is 17.7 Å². The van der Waals surface area contributed by atoms with Gasteiger partial charge in [0.25, 0.3) is 0 Å². The molecular formula is C37H56BN5O6. The minimum atomic E-state index is -1.43. The fourth-order valence-corrected chi connectivity index (χ4v) is 6.47. The molecule has 0 spiro atoms. The van der Waals surface area contributed by atoms with Crippen molar-refractivity contribution in [2.75, 3.05) is 19.6 Å². The molecule has 2 aromatic rings. The molecule has 268 valence electrons. The number of nitrogens with two attached hydrogens (primary N) is 2. The van der Waals surface area contributed by atoms with Gasteiger partial charge >= 0.3 is 7.12 Å². The van der Waals surface area contributed by atoms with E-state index in [9.17, 15) is 29.2 Å². The lowest BCUT2D eigenvalue weighted by atomic mass is 9.69. The lowest BCUT2D eigenvalue weighted by Crippen LogP contribution is -2.52. The summed E-state index contributed by atoms with van der Waals surface area (Å²) in [5, 5.41) is 25.2. The number of carbonyl (C=O) groups is 4. The van der Waals surface area contributed by atoms with Crippen LogP contribution in [-0.2, 0) is 32.0 Å². The number of hydrogen-bond acceptors (Lipinski definition) is 8. The van der Waals surface area contributed by atoms with E-state index in [0.29, 0.717) is 71.0 Å². The molecule has 0 radical (unpaired) electrons. The van der Waals surface area contributed by atoms with Gasteiger partial charge in [-0.15, -0.1) is 0 Å². The summed E-state index contributed by atoms with van der Waals surface area (Å²) < 4.78 is 0. The molecule has 3 amide bonds. The number of nitrogens with one attached hydrogen (secondary N) is 2. The molecule has 1 saturated heterocycles. The lowest BCUT2D eigenvalue weighted by Gasteiger charge is -2.29. The van der Waals surface area contributed by atoms with Gasteiger partial charge < -0.3 is 37.0 Å². The summed E-state index contributed by atoms with van der Waals surface area (Å²) in [4.78, 5) is 56.7. The Hall–Kier alpha value is -3.58. The number of rotatable bonds is 19. The first kappa shape index (κ1) is 39.9. The smallest absolute Gasteiger partial charge is 0.427 e. The lowest BCUT2D eigenvalue weighted by molar-refractivity contribution is -0.138. The van der Waals surface area contributed by atoms with E-state index < -0.39 is 37.1 Å². The first-order valence-electron chi connectivity index (χ1n) is 17.8. The van der Waals surface area contributed by atoms with Gasteiger partial charge in [-0.05, 0) is 80.8 Å². The third-order valence-corrected chi connectivity index (χ3v) is 9.26. The zero-order valence-electron chi connectivity index (χ0n) is 29.1. The molecule has 1 aliphatic rings. The molecule has 5 atom stereocenters. The number of hydrogen-bond donors (Lipinski definition) is 6. The third-order valence-electron chi connectivity index (χ3n) is 9.26. The zero-order valence-corrected chi connectivity index (χ0v) is 29.1. The topological polar surface area (TPSA) is 188 Å². The Morgan fingerprint density at radius 2 is 1.47 bits per heavy atom. The zero-order chi connectivity index (χ0) is 35.8. The van der Waals surface area contributed by atoms with Crippen LogP contribution in [-0.4, -0.2) is 83.3 Å². The van der Waals surface area contributed by atoms with Crippen LogP contribution in [0.5, 0.6) is 0 Å². The second-order valence-electron chi connectivity index (χ2n) is 13.8. The summed E-state index contributed by atoms with van der Waals surface area (Å²) in [6.07, 6.45) is 4.29. The van der Waals surface area contributed by atoms with E-state index in [1.165, 1.54) is 0 Å². The van der Waals surface area contributed by atoms with Gasteiger partial charge in [-0.1, -0.05) is 80.9 Å². The number of amides is 3. The van der Waals surface area contributed by atoms with Crippen LogP contribution in [0.25, 0.3) is 0 Å². The summed E-state index contributed by atoms with van der Waals surface area (Å²) in [5.74, 6) is -2.25. The van der Waals surface area contributed by atoms with Crippen LogP contribution in [0.1, 0.15) is 76.3 Å². The monoisotopic (exact) mass is 677 g/mol. The maximum absolute atomic E-state index is 14.0. The standard InChI is InChI=1S/C37H56BN5O6/c1-26(2)22-29(35(45)41-32(17-9-10-19-39)37(47)43-20-11-16-30(18-21-43)38(48)49)25-34(44)33(24-28-14-7-4-8-15-28)42-36(46)31(40)23-27-12-5-3-6-13-27/h3-8,12-15,26,29-33,48-49H,9-11,16-25,39-40H2,1-2H3,(H,41,45)(H,42,46)/t29-,30?,31+,32+,33+/m0/s1. The van der Waals surface area contributed by atoms with E-state index in [1.807, 2.05) is 74.5 Å². The van der Waals surface area contributed by atoms with E-state index in [0.717, 1.165) is 11.1 Å². The highest BCUT2D eigenvalue weighted by molar-refractivity contribution is 6.43. The van der Waals surface area contributed by atoms with Gasteiger partial charge in [0.1, 0.15) is 6.04 Å². The molecular weight excluding hydrogens is 621 g/mol. The molecule has 1 aliphatic heterocycles. The molecule has 3 rings (SSSR count). The van der Waals surface area contributed by atoms with E-state index in [2.05, 4.69) is 10.6 Å². The molecule has 0 aliphatic carbocycles. The molecule has 11 nitrogen and oxygen atoms in total. The molecule has 0 aromatic heterocycles. The molecule has 0 bridgehead atoms. The van der Waals surface area contributed by atoms with Crippen LogP contribution in [0.2, 0.25) is 5.82 Å². The molecule has 1 heterocycles. The fraction of sp³-hybridized carbons (Fsp3) is 0.568. The van der Waals surface area contributed by atoms with Crippen molar-refractivity contribution in [1.82, 2.24) is 15.5 Å². The summed E-state index contributed by atoms with van der Waals surface area (Å²) in [6, 6.07) is 16.3. The van der Waals surface area contributed by atoms with Gasteiger partial charge in [-0.3, -0.25) is 19.2 Å². The first-order valence-corrected chi connectivity index (χ1v) is 17.8. The predicted octanol–water partition coefficient (Wildman–Crippen LogP) is 2.37. The summed E-state index contributed by atoms with van der Waals surface area (Å²) >= 11 is 0. The normalized spacial score (nSPS) is 17.4. The Morgan fingerprint density at radius 1 is 0.857 bits per heavy atom. The minimum absolute atomic E-state index is 0.0869. The van der Waals surface area contributed by atoms with Gasteiger partial charge in [0.15, 0.2) is 5.78 Å². The van der Waals surface area contributed by atoms with Crippen molar-refractivity contribution in [2.45, 2.75) is 102 Å². The average molecular weight is 678 g/mol. The van der Waals surface area contributed by atoms with Crippen molar-refractivity contribution in [1.29, 1.82) is 0 Å². The van der Waals surface area contributed by atoms with Crippen molar-refractivity contribution in [3.05, 3.63) is 71.8 Å².